The number of nitrogens with two attached hydrogens (primary N) is 1. The van der Waals surface area contributed by atoms with Crippen molar-refractivity contribution in [1.82, 2.24) is 4.98 Å². The molecule has 0 aliphatic carbocycles. The number of benzene rings is 2. The Morgan fingerprint density at radius 3 is 2.48 bits per heavy atom. The summed E-state index contributed by atoms with van der Waals surface area (Å²) in [4.78, 5) is 3.40. The third kappa shape index (κ3) is 3.33. The average Bonchev–Trinajstić information content (AvgIpc) is 2.95. The van der Waals surface area contributed by atoms with Crippen LogP contribution in [0.15, 0.2) is 42.5 Å². The van der Waals surface area contributed by atoms with Gasteiger partial charge >= 0.3 is 0 Å². The quantitative estimate of drug-likeness (QED) is 0.659. The zero-order valence-electron chi connectivity index (χ0n) is 15.1. The Morgan fingerprint density at radius 1 is 1.00 bits per heavy atom. The third-order valence-electron chi connectivity index (χ3n) is 4.51. The van der Waals surface area contributed by atoms with Gasteiger partial charge in [0, 0.05) is 33.6 Å². The molecule has 0 unspecified atom stereocenters. The fourth-order valence-electron chi connectivity index (χ4n) is 3.10. The number of aromatic nitrogens is 1. The number of anilines is 1. The maximum Gasteiger partial charge on any atom is 0.194 e. The molecule has 25 heavy (non-hydrogen) atoms. The van der Waals surface area contributed by atoms with E-state index in [0.29, 0.717) is 6.61 Å². The van der Waals surface area contributed by atoms with Crippen molar-refractivity contribution in [2.24, 2.45) is 0 Å². The van der Waals surface area contributed by atoms with Crippen LogP contribution < -0.4 is 15.2 Å². The molecule has 0 spiro atoms. The molecular weight excluding hydrogens is 312 g/mol. The van der Waals surface area contributed by atoms with Crippen molar-refractivity contribution in [3.63, 3.8) is 0 Å². The Labute approximate surface area is 148 Å². The molecule has 4 nitrogen and oxygen atoms in total. The maximum absolute atomic E-state index is 5.99. The van der Waals surface area contributed by atoms with Crippen LogP contribution in [0.3, 0.4) is 0 Å². The fraction of sp³-hybridized carbons (Fsp3) is 0.238. The molecule has 1 heterocycles. The second-order valence-electron chi connectivity index (χ2n) is 6.27. The van der Waals surface area contributed by atoms with E-state index in [9.17, 15) is 0 Å². The predicted molar refractivity (Wildman–Crippen MR) is 102 cm³/mol. The van der Waals surface area contributed by atoms with Crippen LogP contribution in [0.1, 0.15) is 22.3 Å². The summed E-state index contributed by atoms with van der Waals surface area (Å²) in [6.45, 7) is 6.64. The van der Waals surface area contributed by atoms with Crippen LogP contribution in [0.2, 0.25) is 0 Å². The second-order valence-corrected chi connectivity index (χ2v) is 6.27. The van der Waals surface area contributed by atoms with Gasteiger partial charge in [-0.05, 0) is 44.5 Å². The lowest BCUT2D eigenvalue weighted by Gasteiger charge is -2.12. The van der Waals surface area contributed by atoms with Gasteiger partial charge in [0.15, 0.2) is 5.88 Å². The van der Waals surface area contributed by atoms with E-state index in [1.165, 1.54) is 5.56 Å². The minimum atomic E-state index is 0.434. The van der Waals surface area contributed by atoms with Gasteiger partial charge in [-0.15, -0.1) is 0 Å². The first-order valence-electron chi connectivity index (χ1n) is 8.31. The van der Waals surface area contributed by atoms with E-state index >= 15 is 0 Å². The van der Waals surface area contributed by atoms with E-state index in [1.54, 1.807) is 7.11 Å². The van der Waals surface area contributed by atoms with Crippen LogP contribution in [-0.2, 0) is 6.61 Å². The van der Waals surface area contributed by atoms with Gasteiger partial charge in [-0.25, -0.2) is 0 Å². The lowest BCUT2D eigenvalue weighted by atomic mass is 9.99. The van der Waals surface area contributed by atoms with E-state index in [4.69, 9.17) is 15.2 Å². The van der Waals surface area contributed by atoms with Gasteiger partial charge in [0.1, 0.15) is 12.4 Å². The normalized spacial score (nSPS) is 10.7. The van der Waals surface area contributed by atoms with Crippen molar-refractivity contribution in [3.05, 3.63) is 64.7 Å². The molecule has 0 saturated heterocycles. The summed E-state index contributed by atoms with van der Waals surface area (Å²) in [7, 11) is 1.69. The van der Waals surface area contributed by atoms with Crippen molar-refractivity contribution in [1.29, 1.82) is 0 Å². The van der Waals surface area contributed by atoms with Crippen LogP contribution in [0.25, 0.3) is 11.3 Å². The number of para-hydroxylation sites is 1. The van der Waals surface area contributed by atoms with Gasteiger partial charge in [-0.3, -0.25) is 0 Å². The van der Waals surface area contributed by atoms with Gasteiger partial charge in [0.05, 0.1) is 7.11 Å². The molecule has 0 atom stereocenters. The van der Waals surface area contributed by atoms with Gasteiger partial charge in [0.2, 0.25) is 0 Å². The molecule has 0 aliphatic rings. The topological polar surface area (TPSA) is 60.3 Å². The molecule has 0 bridgehead atoms. The molecule has 0 fully saturated rings. The number of aryl methyl sites for hydroxylation is 2. The summed E-state index contributed by atoms with van der Waals surface area (Å²) in [5, 5.41) is 0. The minimum absolute atomic E-state index is 0.434. The van der Waals surface area contributed by atoms with E-state index in [1.807, 2.05) is 37.3 Å². The zero-order chi connectivity index (χ0) is 18.0. The highest BCUT2D eigenvalue weighted by atomic mass is 16.5. The average molecular weight is 336 g/mol. The zero-order valence-corrected chi connectivity index (χ0v) is 15.1. The van der Waals surface area contributed by atoms with Gasteiger partial charge in [0.25, 0.3) is 0 Å². The summed E-state index contributed by atoms with van der Waals surface area (Å²) < 4.78 is 11.4. The van der Waals surface area contributed by atoms with Crippen LogP contribution in [0, 0.1) is 20.8 Å². The standard InChI is InChI=1S/C21H24N2O2/c1-13-9-10-19(24-4)15(3)20(13)18-11-14(2)21(23-18)25-12-16-7-5-6-8-17(16)22/h5-11,23H,12,22H2,1-4H3. The summed E-state index contributed by atoms with van der Waals surface area (Å²) in [5.74, 6) is 1.65. The highest BCUT2D eigenvalue weighted by Crippen LogP contribution is 2.35. The molecule has 0 radical (unpaired) electrons. The number of aromatic amines is 1. The maximum atomic E-state index is 5.99. The summed E-state index contributed by atoms with van der Waals surface area (Å²) in [6.07, 6.45) is 0. The monoisotopic (exact) mass is 336 g/mol. The lowest BCUT2D eigenvalue weighted by Crippen LogP contribution is -2.00. The van der Waals surface area contributed by atoms with Crippen molar-refractivity contribution in [3.8, 4) is 22.9 Å². The lowest BCUT2D eigenvalue weighted by molar-refractivity contribution is 0.294. The number of rotatable bonds is 5. The van der Waals surface area contributed by atoms with Gasteiger partial charge in [-0.2, -0.15) is 0 Å². The molecule has 0 aliphatic heterocycles. The molecule has 2 aromatic carbocycles. The largest absolute Gasteiger partial charge is 0.496 e. The van der Waals surface area contributed by atoms with E-state index < -0.39 is 0 Å². The number of nitrogens with one attached hydrogen (secondary N) is 1. The van der Waals surface area contributed by atoms with Crippen LogP contribution in [0.4, 0.5) is 5.69 Å². The summed E-state index contributed by atoms with van der Waals surface area (Å²) >= 11 is 0. The predicted octanol–water partition coefficient (Wildman–Crippen LogP) is 4.78. The molecule has 3 rings (SSSR count). The molecule has 1 aromatic heterocycles. The number of hydrogen-bond donors (Lipinski definition) is 2. The Morgan fingerprint density at radius 2 is 1.76 bits per heavy atom. The Bertz CT molecular complexity index is 897. The summed E-state index contributed by atoms with van der Waals surface area (Å²) in [5.41, 5.74) is 13.3. The molecule has 4 heteroatoms. The Hall–Kier alpha value is -2.88. The van der Waals surface area contributed by atoms with E-state index in [0.717, 1.165) is 45.3 Å². The highest BCUT2D eigenvalue weighted by molar-refractivity contribution is 5.72. The Balaban J connectivity index is 1.90. The van der Waals surface area contributed by atoms with E-state index in [-0.39, 0.29) is 0 Å². The van der Waals surface area contributed by atoms with Crippen molar-refractivity contribution >= 4 is 5.69 Å². The molecule has 0 saturated carbocycles. The SMILES string of the molecule is COc1ccc(C)c(-c2cc(C)c(OCc3ccccc3N)[nH]2)c1C. The second kappa shape index (κ2) is 6.93. The van der Waals surface area contributed by atoms with Crippen molar-refractivity contribution in [2.75, 3.05) is 12.8 Å². The van der Waals surface area contributed by atoms with Gasteiger partial charge in [-0.1, -0.05) is 24.3 Å². The first-order chi connectivity index (χ1) is 12.0. The molecular formula is C21H24N2O2. The highest BCUT2D eigenvalue weighted by Gasteiger charge is 2.14. The fourth-order valence-corrected chi connectivity index (χ4v) is 3.10. The molecule has 130 valence electrons. The van der Waals surface area contributed by atoms with Crippen LogP contribution >= 0.6 is 0 Å². The number of H-pyrrole nitrogens is 1. The number of ether oxygens (including phenoxy) is 2. The third-order valence-corrected chi connectivity index (χ3v) is 4.51. The Kier molecular flexibility index (Phi) is 4.70. The smallest absolute Gasteiger partial charge is 0.194 e. The first kappa shape index (κ1) is 17.0. The van der Waals surface area contributed by atoms with Crippen molar-refractivity contribution in [2.45, 2.75) is 27.4 Å². The van der Waals surface area contributed by atoms with Crippen LogP contribution in [0.5, 0.6) is 11.6 Å². The number of methoxy groups -OCH3 is 1. The van der Waals surface area contributed by atoms with Gasteiger partial charge < -0.3 is 20.2 Å². The summed E-state index contributed by atoms with van der Waals surface area (Å²) in [6, 6.07) is 13.9. The van der Waals surface area contributed by atoms with Crippen molar-refractivity contribution < 1.29 is 9.47 Å². The minimum Gasteiger partial charge on any atom is -0.496 e. The van der Waals surface area contributed by atoms with Crippen LogP contribution in [-0.4, -0.2) is 12.1 Å². The number of nitrogen functional groups attached to an aromatic ring is 1. The molecule has 0 amide bonds. The molecule has 3 N–H and O–H groups in total. The van der Waals surface area contributed by atoms with E-state index in [2.05, 4.69) is 31.0 Å². The molecule has 3 aromatic rings. The number of hydrogen-bond acceptors (Lipinski definition) is 3. The first-order valence-corrected chi connectivity index (χ1v) is 8.31.